The summed E-state index contributed by atoms with van der Waals surface area (Å²) >= 11 is 0. The number of rotatable bonds is 3. The zero-order valence-corrected chi connectivity index (χ0v) is 6.64. The van der Waals surface area contributed by atoms with E-state index >= 15 is 0 Å². The largest absolute Gasteiger partial charge is 0.477 e. The number of hydrogen-bond acceptors (Lipinski definition) is 2. The summed E-state index contributed by atoms with van der Waals surface area (Å²) in [6, 6.07) is 1.22. The molecule has 2 rings (SSSR count). The fourth-order valence-corrected chi connectivity index (χ4v) is 1.02. The number of H-pyrrole nitrogens is 1. The van der Waals surface area contributed by atoms with E-state index in [1.807, 2.05) is 0 Å². The highest BCUT2D eigenvalue weighted by atomic mass is 19.1. The summed E-state index contributed by atoms with van der Waals surface area (Å²) in [6.07, 6.45) is 2.38. The lowest BCUT2D eigenvalue weighted by molar-refractivity contribution is 0.276. The molecule has 3 N–H and O–H groups in total. The second-order valence-electron chi connectivity index (χ2n) is 3.16. The van der Waals surface area contributed by atoms with Gasteiger partial charge in [0.15, 0.2) is 5.82 Å². The zero-order chi connectivity index (χ0) is 8.55. The molecule has 0 atom stereocenters. The number of aromatic amines is 1. The van der Waals surface area contributed by atoms with Crippen molar-refractivity contribution >= 4 is 5.82 Å². The number of halogens is 1. The highest BCUT2D eigenvalue weighted by Crippen LogP contribution is 2.30. The van der Waals surface area contributed by atoms with Crippen LogP contribution in [0.5, 0.6) is 5.88 Å². The maximum Gasteiger partial charge on any atom is 0.229 e. The predicted octanol–water partition coefficient (Wildman–Crippen LogP) is 1.52. The fraction of sp³-hybridized carbons (Fsp3) is 0.500. The summed E-state index contributed by atoms with van der Waals surface area (Å²) in [7, 11) is 0. The number of nitrogens with two attached hydrogens (primary N) is 1. The van der Waals surface area contributed by atoms with Crippen LogP contribution >= 0.6 is 0 Å². The van der Waals surface area contributed by atoms with Crippen LogP contribution in [0.2, 0.25) is 0 Å². The van der Waals surface area contributed by atoms with E-state index in [4.69, 9.17) is 10.5 Å². The molecule has 0 spiro atoms. The van der Waals surface area contributed by atoms with Crippen LogP contribution in [-0.2, 0) is 0 Å². The molecule has 3 nitrogen and oxygen atoms in total. The van der Waals surface area contributed by atoms with E-state index in [-0.39, 0.29) is 5.88 Å². The topological polar surface area (TPSA) is 51.0 Å². The Morgan fingerprint density at radius 2 is 2.42 bits per heavy atom. The van der Waals surface area contributed by atoms with Gasteiger partial charge < -0.3 is 15.5 Å². The van der Waals surface area contributed by atoms with Gasteiger partial charge in [-0.1, -0.05) is 0 Å². The van der Waals surface area contributed by atoms with Gasteiger partial charge in [-0.05, 0) is 18.8 Å². The average molecular weight is 170 g/mol. The molecule has 12 heavy (non-hydrogen) atoms. The van der Waals surface area contributed by atoms with Crippen molar-refractivity contribution in [3.8, 4) is 5.88 Å². The quantitative estimate of drug-likeness (QED) is 0.722. The predicted molar refractivity (Wildman–Crippen MR) is 43.4 cm³/mol. The monoisotopic (exact) mass is 170 g/mol. The third kappa shape index (κ3) is 1.52. The van der Waals surface area contributed by atoms with Gasteiger partial charge in [0, 0.05) is 6.07 Å². The average Bonchev–Trinajstić information content (AvgIpc) is 2.76. The minimum absolute atomic E-state index is 0.166. The molecule has 0 unspecified atom stereocenters. The summed E-state index contributed by atoms with van der Waals surface area (Å²) in [6.45, 7) is 0.594. The number of anilines is 1. The minimum Gasteiger partial charge on any atom is -0.477 e. The van der Waals surface area contributed by atoms with Crippen molar-refractivity contribution in [3.63, 3.8) is 0 Å². The molecule has 1 aliphatic carbocycles. The maximum atomic E-state index is 12.8. The van der Waals surface area contributed by atoms with Crippen molar-refractivity contribution in [2.75, 3.05) is 12.3 Å². The number of nitrogen functional groups attached to an aromatic ring is 1. The number of nitrogens with one attached hydrogen (secondary N) is 1. The Kier molecular flexibility index (Phi) is 1.67. The number of aromatic nitrogens is 1. The molecule has 0 aliphatic heterocycles. The van der Waals surface area contributed by atoms with E-state index in [1.165, 1.54) is 18.9 Å². The van der Waals surface area contributed by atoms with Gasteiger partial charge >= 0.3 is 0 Å². The highest BCUT2D eigenvalue weighted by Gasteiger charge is 2.22. The van der Waals surface area contributed by atoms with Gasteiger partial charge in [-0.3, -0.25) is 0 Å². The normalized spacial score (nSPS) is 16.4. The number of hydrogen-bond donors (Lipinski definition) is 2. The third-order valence-electron chi connectivity index (χ3n) is 1.92. The Morgan fingerprint density at radius 1 is 1.67 bits per heavy atom. The minimum atomic E-state index is -0.409. The summed E-state index contributed by atoms with van der Waals surface area (Å²) in [5.41, 5.74) is 5.33. The van der Waals surface area contributed by atoms with E-state index in [0.29, 0.717) is 18.3 Å². The molecule has 1 saturated carbocycles. The number of ether oxygens (including phenoxy) is 1. The first-order valence-electron chi connectivity index (χ1n) is 4.02. The van der Waals surface area contributed by atoms with Crippen molar-refractivity contribution in [2.45, 2.75) is 12.8 Å². The fourth-order valence-electron chi connectivity index (χ4n) is 1.02. The second-order valence-corrected chi connectivity index (χ2v) is 3.16. The van der Waals surface area contributed by atoms with Gasteiger partial charge in [-0.2, -0.15) is 0 Å². The van der Waals surface area contributed by atoms with Crippen LogP contribution in [0.25, 0.3) is 0 Å². The second kappa shape index (κ2) is 2.69. The molecule has 1 aliphatic rings. The van der Waals surface area contributed by atoms with Crippen molar-refractivity contribution in [1.29, 1.82) is 0 Å². The Balaban J connectivity index is 1.96. The molecule has 66 valence electrons. The molecule has 0 amide bonds. The van der Waals surface area contributed by atoms with Crippen LogP contribution < -0.4 is 10.5 Å². The van der Waals surface area contributed by atoms with Gasteiger partial charge in [0.1, 0.15) is 5.82 Å². The summed E-state index contributed by atoms with van der Waals surface area (Å²) in [4.78, 5) is 2.61. The van der Waals surface area contributed by atoms with E-state index in [9.17, 15) is 4.39 Å². The molecule has 0 saturated heterocycles. The van der Waals surface area contributed by atoms with Crippen LogP contribution in [0.4, 0.5) is 10.2 Å². The Bertz CT molecular complexity index is 281. The Hall–Kier alpha value is -1.19. The molecule has 1 fully saturated rings. The van der Waals surface area contributed by atoms with Crippen molar-refractivity contribution < 1.29 is 9.13 Å². The summed E-state index contributed by atoms with van der Waals surface area (Å²) in [5, 5.41) is 0. The van der Waals surface area contributed by atoms with Crippen molar-refractivity contribution in [1.82, 2.24) is 4.98 Å². The SMILES string of the molecule is Nc1cc(F)c(OCC2CC2)[nH]1. The van der Waals surface area contributed by atoms with Crippen LogP contribution in [0.15, 0.2) is 6.07 Å². The van der Waals surface area contributed by atoms with Gasteiger partial charge in [0.25, 0.3) is 0 Å². The van der Waals surface area contributed by atoms with E-state index in [2.05, 4.69) is 4.98 Å². The van der Waals surface area contributed by atoms with E-state index in [0.717, 1.165) is 0 Å². The van der Waals surface area contributed by atoms with Crippen LogP contribution in [0, 0.1) is 11.7 Å². The molecule has 0 radical (unpaired) electrons. The smallest absolute Gasteiger partial charge is 0.229 e. The molecule has 1 heterocycles. The lowest BCUT2D eigenvalue weighted by Crippen LogP contribution is -2.00. The third-order valence-corrected chi connectivity index (χ3v) is 1.92. The van der Waals surface area contributed by atoms with Gasteiger partial charge in [0.2, 0.25) is 5.88 Å². The van der Waals surface area contributed by atoms with Crippen LogP contribution in [0.3, 0.4) is 0 Å². The zero-order valence-electron chi connectivity index (χ0n) is 6.64. The Labute approximate surface area is 69.7 Å². The van der Waals surface area contributed by atoms with Crippen LogP contribution in [0.1, 0.15) is 12.8 Å². The molecular formula is C8H11FN2O. The van der Waals surface area contributed by atoms with Gasteiger partial charge in [0.05, 0.1) is 6.61 Å². The molecule has 0 aromatic carbocycles. The van der Waals surface area contributed by atoms with E-state index in [1.54, 1.807) is 0 Å². The van der Waals surface area contributed by atoms with E-state index < -0.39 is 5.82 Å². The first-order valence-corrected chi connectivity index (χ1v) is 4.02. The van der Waals surface area contributed by atoms with Crippen molar-refractivity contribution in [2.24, 2.45) is 5.92 Å². The Morgan fingerprint density at radius 3 is 2.92 bits per heavy atom. The lowest BCUT2D eigenvalue weighted by atomic mass is 10.5. The summed E-state index contributed by atoms with van der Waals surface area (Å²) < 4.78 is 18.0. The summed E-state index contributed by atoms with van der Waals surface area (Å²) in [5.74, 6) is 0.680. The maximum absolute atomic E-state index is 12.8. The molecule has 1 aromatic rings. The van der Waals surface area contributed by atoms with Gasteiger partial charge in [-0.15, -0.1) is 0 Å². The molecule has 4 heteroatoms. The first kappa shape index (κ1) is 7.46. The standard InChI is InChI=1S/C8H11FN2O/c9-6-3-7(10)11-8(6)12-4-5-1-2-5/h3,5,11H,1-2,4,10H2. The lowest BCUT2D eigenvalue weighted by Gasteiger charge is -2.00. The van der Waals surface area contributed by atoms with Crippen LogP contribution in [-0.4, -0.2) is 11.6 Å². The van der Waals surface area contributed by atoms with Crippen molar-refractivity contribution in [3.05, 3.63) is 11.9 Å². The molecular weight excluding hydrogens is 159 g/mol. The molecule has 1 aromatic heterocycles. The molecule has 0 bridgehead atoms. The van der Waals surface area contributed by atoms with Gasteiger partial charge in [-0.25, -0.2) is 4.39 Å². The first-order chi connectivity index (χ1) is 5.75. The highest BCUT2D eigenvalue weighted by molar-refractivity contribution is 5.35.